The molecule has 1 unspecified atom stereocenters. The predicted octanol–water partition coefficient (Wildman–Crippen LogP) is 1.90. The fourth-order valence-corrected chi connectivity index (χ4v) is 2.16. The number of ether oxygens (including phenoxy) is 1. The van der Waals surface area contributed by atoms with Crippen LogP contribution >= 0.6 is 0 Å². The van der Waals surface area contributed by atoms with Crippen LogP contribution in [0.4, 0.5) is 5.69 Å². The summed E-state index contributed by atoms with van der Waals surface area (Å²) in [5.41, 5.74) is 1.25. The molecule has 1 heterocycles. The van der Waals surface area contributed by atoms with Crippen molar-refractivity contribution in [2.45, 2.75) is 26.4 Å². The number of hydrogen-bond donors (Lipinski definition) is 1. The van der Waals surface area contributed by atoms with Crippen molar-refractivity contribution in [3.05, 3.63) is 29.8 Å². The second-order valence-electron chi connectivity index (χ2n) is 4.92. The fourth-order valence-electron chi connectivity index (χ4n) is 2.16. The Kier molecular flexibility index (Phi) is 4.74. The summed E-state index contributed by atoms with van der Waals surface area (Å²) < 4.78 is 5.43. The van der Waals surface area contributed by atoms with Crippen molar-refractivity contribution < 1.29 is 14.3 Å². The molecule has 2 amide bonds. The first-order valence-corrected chi connectivity index (χ1v) is 6.91. The highest BCUT2D eigenvalue weighted by atomic mass is 16.5. The number of carbonyl (C=O) groups excluding carboxylic acids is 2. The molecule has 2 rings (SSSR count). The van der Waals surface area contributed by atoms with Gasteiger partial charge in [0.15, 0.2) is 0 Å². The van der Waals surface area contributed by atoms with Crippen LogP contribution in [0.15, 0.2) is 24.3 Å². The molecule has 0 aliphatic carbocycles. The van der Waals surface area contributed by atoms with E-state index in [0.717, 1.165) is 0 Å². The first kappa shape index (κ1) is 14.5. The van der Waals surface area contributed by atoms with E-state index in [1.165, 1.54) is 0 Å². The Hall–Kier alpha value is -1.88. The van der Waals surface area contributed by atoms with E-state index >= 15 is 0 Å². The first-order valence-electron chi connectivity index (χ1n) is 6.91. The van der Waals surface area contributed by atoms with Crippen molar-refractivity contribution in [2.24, 2.45) is 0 Å². The lowest BCUT2D eigenvalue weighted by Crippen LogP contribution is -2.44. The molecule has 1 aliphatic heterocycles. The average molecular weight is 276 g/mol. The molecule has 1 N–H and O–H groups in total. The molecule has 5 nitrogen and oxygen atoms in total. The zero-order chi connectivity index (χ0) is 14.5. The highest BCUT2D eigenvalue weighted by Gasteiger charge is 2.22. The first-order chi connectivity index (χ1) is 9.60. The van der Waals surface area contributed by atoms with Gasteiger partial charge in [0.05, 0.1) is 12.7 Å². The maximum Gasteiger partial charge on any atom is 0.254 e. The number of benzene rings is 1. The minimum atomic E-state index is -0.0606. The number of nitrogens with zero attached hydrogens (tertiary/aromatic N) is 1. The van der Waals surface area contributed by atoms with Gasteiger partial charge in [-0.3, -0.25) is 9.59 Å². The molecular weight excluding hydrogens is 256 g/mol. The summed E-state index contributed by atoms with van der Waals surface area (Å²) in [6, 6.07) is 7.05. The lowest BCUT2D eigenvalue weighted by Gasteiger charge is -2.31. The summed E-state index contributed by atoms with van der Waals surface area (Å²) >= 11 is 0. The van der Waals surface area contributed by atoms with Crippen LogP contribution in [0.1, 0.15) is 30.6 Å². The molecule has 1 saturated heterocycles. The summed E-state index contributed by atoms with van der Waals surface area (Å²) in [4.78, 5) is 25.6. The number of amides is 2. The van der Waals surface area contributed by atoms with E-state index < -0.39 is 0 Å². The standard InChI is InChI=1S/C15H20N2O3/c1-3-14(18)16-13-6-4-5-12(9-13)15(19)17-7-8-20-11(2)10-17/h4-6,9,11H,3,7-8,10H2,1-2H3,(H,16,18). The number of rotatable bonds is 3. The van der Waals surface area contributed by atoms with E-state index in [9.17, 15) is 9.59 Å². The van der Waals surface area contributed by atoms with Crippen LogP contribution in [-0.2, 0) is 9.53 Å². The van der Waals surface area contributed by atoms with Gasteiger partial charge in [-0.05, 0) is 25.1 Å². The van der Waals surface area contributed by atoms with Crippen LogP contribution in [0.3, 0.4) is 0 Å². The van der Waals surface area contributed by atoms with Crippen LogP contribution in [0, 0.1) is 0 Å². The zero-order valence-corrected chi connectivity index (χ0v) is 11.9. The number of hydrogen-bond acceptors (Lipinski definition) is 3. The maximum absolute atomic E-state index is 12.4. The lowest BCUT2D eigenvalue weighted by molar-refractivity contribution is -0.115. The van der Waals surface area contributed by atoms with Crippen molar-refractivity contribution in [3.8, 4) is 0 Å². The molecule has 0 saturated carbocycles. The van der Waals surface area contributed by atoms with E-state index in [1.54, 1.807) is 36.1 Å². The molecule has 1 fully saturated rings. The molecule has 1 atom stereocenters. The minimum Gasteiger partial charge on any atom is -0.375 e. The van der Waals surface area contributed by atoms with Crippen LogP contribution in [-0.4, -0.2) is 42.5 Å². The van der Waals surface area contributed by atoms with Gasteiger partial charge in [-0.1, -0.05) is 13.0 Å². The summed E-state index contributed by atoms with van der Waals surface area (Å²) in [5, 5.41) is 2.76. The SMILES string of the molecule is CCC(=O)Nc1cccc(C(=O)N2CCOC(C)C2)c1. The average Bonchev–Trinajstić information content (AvgIpc) is 2.46. The number of carbonyl (C=O) groups is 2. The molecule has 5 heteroatoms. The van der Waals surface area contributed by atoms with Crippen molar-refractivity contribution in [2.75, 3.05) is 25.0 Å². The third kappa shape index (κ3) is 3.57. The number of morpholine rings is 1. The number of nitrogens with one attached hydrogen (secondary N) is 1. The van der Waals surface area contributed by atoms with Crippen molar-refractivity contribution in [1.82, 2.24) is 4.90 Å². The molecule has 0 bridgehead atoms. The Balaban J connectivity index is 2.09. The van der Waals surface area contributed by atoms with Gasteiger partial charge in [0.2, 0.25) is 5.91 Å². The predicted molar refractivity (Wildman–Crippen MR) is 76.7 cm³/mol. The molecule has 1 aromatic carbocycles. The Morgan fingerprint density at radius 2 is 2.25 bits per heavy atom. The largest absolute Gasteiger partial charge is 0.375 e. The van der Waals surface area contributed by atoms with Gasteiger partial charge >= 0.3 is 0 Å². The van der Waals surface area contributed by atoms with Crippen LogP contribution in [0.25, 0.3) is 0 Å². The van der Waals surface area contributed by atoms with Crippen LogP contribution in [0.2, 0.25) is 0 Å². The summed E-state index contributed by atoms with van der Waals surface area (Å²) in [7, 11) is 0. The normalized spacial score (nSPS) is 18.7. The van der Waals surface area contributed by atoms with E-state index in [1.807, 2.05) is 6.92 Å². The molecule has 20 heavy (non-hydrogen) atoms. The zero-order valence-electron chi connectivity index (χ0n) is 11.9. The van der Waals surface area contributed by atoms with Crippen LogP contribution < -0.4 is 5.32 Å². The molecular formula is C15H20N2O3. The number of anilines is 1. The van der Waals surface area contributed by atoms with E-state index in [4.69, 9.17) is 4.74 Å². The summed E-state index contributed by atoms with van der Waals surface area (Å²) in [5.74, 6) is -0.0812. The summed E-state index contributed by atoms with van der Waals surface area (Å²) in [6.07, 6.45) is 0.481. The lowest BCUT2D eigenvalue weighted by atomic mass is 10.1. The van der Waals surface area contributed by atoms with Crippen LogP contribution in [0.5, 0.6) is 0 Å². The van der Waals surface area contributed by atoms with Gasteiger partial charge in [-0.25, -0.2) is 0 Å². The van der Waals surface area contributed by atoms with E-state index in [2.05, 4.69) is 5.32 Å². The molecule has 108 valence electrons. The maximum atomic E-state index is 12.4. The molecule has 0 radical (unpaired) electrons. The van der Waals surface area contributed by atoms with Crippen molar-refractivity contribution in [3.63, 3.8) is 0 Å². The second kappa shape index (κ2) is 6.52. The van der Waals surface area contributed by atoms with Crippen molar-refractivity contribution >= 4 is 17.5 Å². The topological polar surface area (TPSA) is 58.6 Å². The van der Waals surface area contributed by atoms with E-state index in [0.29, 0.717) is 37.4 Å². The Labute approximate surface area is 118 Å². The molecule has 1 aromatic rings. The highest BCUT2D eigenvalue weighted by molar-refractivity contribution is 5.97. The Morgan fingerprint density at radius 1 is 1.45 bits per heavy atom. The van der Waals surface area contributed by atoms with Gasteiger partial charge in [0.25, 0.3) is 5.91 Å². The fraction of sp³-hybridized carbons (Fsp3) is 0.467. The third-order valence-electron chi connectivity index (χ3n) is 3.24. The van der Waals surface area contributed by atoms with Gasteiger partial charge in [-0.2, -0.15) is 0 Å². The Morgan fingerprint density at radius 3 is 2.95 bits per heavy atom. The smallest absolute Gasteiger partial charge is 0.254 e. The Bertz CT molecular complexity index is 502. The second-order valence-corrected chi connectivity index (χ2v) is 4.92. The molecule has 0 aromatic heterocycles. The van der Waals surface area contributed by atoms with Gasteiger partial charge in [0.1, 0.15) is 0 Å². The summed E-state index contributed by atoms with van der Waals surface area (Å²) in [6.45, 7) is 5.52. The minimum absolute atomic E-state index is 0.0206. The van der Waals surface area contributed by atoms with Gasteiger partial charge < -0.3 is 15.0 Å². The monoisotopic (exact) mass is 276 g/mol. The van der Waals surface area contributed by atoms with Gasteiger partial charge in [-0.15, -0.1) is 0 Å². The third-order valence-corrected chi connectivity index (χ3v) is 3.24. The quantitative estimate of drug-likeness (QED) is 0.917. The van der Waals surface area contributed by atoms with Gasteiger partial charge in [0, 0.05) is 30.8 Å². The van der Waals surface area contributed by atoms with E-state index in [-0.39, 0.29) is 17.9 Å². The molecule has 1 aliphatic rings. The highest BCUT2D eigenvalue weighted by Crippen LogP contribution is 2.15. The molecule has 0 spiro atoms. The van der Waals surface area contributed by atoms with Crippen molar-refractivity contribution in [1.29, 1.82) is 0 Å².